The molecule has 0 amide bonds. The van der Waals surface area contributed by atoms with Crippen LogP contribution in [0.25, 0.3) is 11.3 Å². The Hall–Kier alpha value is -2.12. The first-order chi connectivity index (χ1) is 13.3. The van der Waals surface area contributed by atoms with Crippen molar-refractivity contribution in [3.05, 3.63) is 51.1 Å². The molecular weight excluding hydrogens is 400 g/mol. The maximum absolute atomic E-state index is 13.1. The van der Waals surface area contributed by atoms with Crippen molar-refractivity contribution in [2.24, 2.45) is 11.8 Å². The van der Waals surface area contributed by atoms with Gasteiger partial charge in [-0.05, 0) is 42.4 Å². The molecule has 8 heteroatoms. The van der Waals surface area contributed by atoms with Gasteiger partial charge in [0.1, 0.15) is 0 Å². The van der Waals surface area contributed by atoms with Crippen molar-refractivity contribution in [1.29, 1.82) is 0 Å². The van der Waals surface area contributed by atoms with Gasteiger partial charge in [0.25, 0.3) is 0 Å². The number of para-hydroxylation sites is 1. The van der Waals surface area contributed by atoms with E-state index in [0.29, 0.717) is 26.9 Å². The number of fused-ring (bicyclic) bond motifs is 2. The number of hydrogen-bond acceptors (Lipinski definition) is 5. The van der Waals surface area contributed by atoms with Crippen LogP contribution in [0.1, 0.15) is 48.4 Å². The van der Waals surface area contributed by atoms with Gasteiger partial charge in [-0.25, -0.2) is 17.9 Å². The van der Waals surface area contributed by atoms with Gasteiger partial charge >= 0.3 is 5.97 Å². The monoisotopic (exact) mass is 420 g/mol. The van der Waals surface area contributed by atoms with Crippen LogP contribution in [0.4, 0.5) is 0 Å². The van der Waals surface area contributed by atoms with Crippen molar-refractivity contribution in [3.63, 3.8) is 0 Å². The summed E-state index contributed by atoms with van der Waals surface area (Å²) in [6.45, 7) is 3.97. The molecular formula is C20H21ClN2O4S. The largest absolute Gasteiger partial charge is 0.464 e. The fraction of sp³-hybridized carbons (Fsp3) is 0.400. The van der Waals surface area contributed by atoms with E-state index >= 15 is 0 Å². The molecule has 0 fully saturated rings. The van der Waals surface area contributed by atoms with Crippen LogP contribution in [0.5, 0.6) is 0 Å². The number of carbonyl (C=O) groups excluding carboxylic acids is 1. The van der Waals surface area contributed by atoms with Gasteiger partial charge < -0.3 is 4.74 Å². The lowest BCUT2D eigenvalue weighted by Crippen LogP contribution is -2.28. The minimum absolute atomic E-state index is 0.0259. The number of ether oxygens (including phenoxy) is 1. The second kappa shape index (κ2) is 6.74. The Morgan fingerprint density at radius 2 is 1.89 bits per heavy atom. The second-order valence-electron chi connectivity index (χ2n) is 7.45. The van der Waals surface area contributed by atoms with Gasteiger partial charge in [0.05, 0.1) is 34.2 Å². The number of sulfone groups is 1. The average Bonchev–Trinajstić information content (AvgIpc) is 3.01. The summed E-state index contributed by atoms with van der Waals surface area (Å²) in [7, 11) is -2.28. The van der Waals surface area contributed by atoms with E-state index in [9.17, 15) is 13.2 Å². The first kappa shape index (κ1) is 19.2. The summed E-state index contributed by atoms with van der Waals surface area (Å²) in [5.41, 5.74) is 2.44. The highest BCUT2D eigenvalue weighted by atomic mass is 35.5. The molecule has 2 aliphatic rings. The summed E-state index contributed by atoms with van der Waals surface area (Å²) in [6.07, 6.45) is 1.69. The second-order valence-corrected chi connectivity index (χ2v) is 9.81. The van der Waals surface area contributed by atoms with Crippen LogP contribution in [-0.4, -0.2) is 31.3 Å². The van der Waals surface area contributed by atoms with Gasteiger partial charge in [-0.1, -0.05) is 37.6 Å². The lowest BCUT2D eigenvalue weighted by atomic mass is 9.81. The van der Waals surface area contributed by atoms with E-state index in [-0.39, 0.29) is 23.3 Å². The zero-order valence-corrected chi connectivity index (χ0v) is 17.5. The lowest BCUT2D eigenvalue weighted by molar-refractivity contribution is 0.0592. The van der Waals surface area contributed by atoms with E-state index in [1.54, 1.807) is 16.8 Å². The summed E-state index contributed by atoms with van der Waals surface area (Å²) in [6, 6.07) is 7.18. The van der Waals surface area contributed by atoms with Crippen LogP contribution in [0.15, 0.2) is 29.2 Å². The topological polar surface area (TPSA) is 78.3 Å². The number of rotatable bonds is 2. The smallest absolute Gasteiger partial charge is 0.358 e. The van der Waals surface area contributed by atoms with Crippen molar-refractivity contribution >= 4 is 33.0 Å². The van der Waals surface area contributed by atoms with Crippen LogP contribution in [0, 0.1) is 11.8 Å². The summed E-state index contributed by atoms with van der Waals surface area (Å²) < 4.78 is 32.8. The van der Waals surface area contributed by atoms with E-state index in [1.807, 2.05) is 26.0 Å². The van der Waals surface area contributed by atoms with Gasteiger partial charge in [0, 0.05) is 5.56 Å². The van der Waals surface area contributed by atoms with Gasteiger partial charge in [-0.2, -0.15) is 5.10 Å². The molecule has 0 N–H and O–H groups in total. The molecule has 148 valence electrons. The minimum atomic E-state index is -3.54. The quantitative estimate of drug-likeness (QED) is 0.685. The molecule has 0 saturated heterocycles. The maximum Gasteiger partial charge on any atom is 0.358 e. The molecule has 6 nitrogen and oxygen atoms in total. The van der Waals surface area contributed by atoms with Crippen molar-refractivity contribution in [2.75, 3.05) is 7.11 Å². The lowest BCUT2D eigenvalue weighted by Gasteiger charge is -2.34. The number of halogens is 1. The van der Waals surface area contributed by atoms with Crippen LogP contribution in [0.3, 0.4) is 0 Å². The Bertz CT molecular complexity index is 1120. The van der Waals surface area contributed by atoms with Gasteiger partial charge in [-0.15, -0.1) is 0 Å². The number of allylic oxidation sites excluding steroid dienone is 2. The molecule has 2 atom stereocenters. The number of esters is 1. The first-order valence-corrected chi connectivity index (χ1v) is 11.2. The zero-order chi connectivity index (χ0) is 20.2. The third-order valence-corrected chi connectivity index (χ3v) is 7.89. The molecule has 0 saturated carbocycles. The first-order valence-electron chi connectivity index (χ1n) is 9.18. The molecule has 4 rings (SSSR count). The van der Waals surface area contributed by atoms with Crippen LogP contribution in [-0.2, 0) is 20.3 Å². The number of methoxy groups -OCH3 is 1. The molecule has 1 aliphatic carbocycles. The molecule has 28 heavy (non-hydrogen) atoms. The molecule has 2 aromatic rings. The molecule has 1 aromatic carbocycles. The van der Waals surface area contributed by atoms with Crippen molar-refractivity contribution in [1.82, 2.24) is 9.78 Å². The number of aromatic nitrogens is 2. The molecule has 1 aromatic heterocycles. The fourth-order valence-corrected chi connectivity index (χ4v) is 6.69. The number of benzene rings is 1. The van der Waals surface area contributed by atoms with Crippen molar-refractivity contribution in [2.45, 2.75) is 32.4 Å². The predicted octanol–water partition coefficient (Wildman–Crippen LogP) is 4.02. The molecule has 2 heterocycles. The van der Waals surface area contributed by atoms with Gasteiger partial charge in [0.2, 0.25) is 0 Å². The van der Waals surface area contributed by atoms with E-state index in [1.165, 1.54) is 7.11 Å². The Morgan fingerprint density at radius 3 is 2.57 bits per heavy atom. The van der Waals surface area contributed by atoms with Gasteiger partial charge in [0.15, 0.2) is 15.5 Å². The number of hydrogen-bond donors (Lipinski definition) is 0. The van der Waals surface area contributed by atoms with Crippen LogP contribution in [0.2, 0.25) is 5.02 Å². The Morgan fingerprint density at radius 1 is 1.21 bits per heavy atom. The molecule has 2 unspecified atom stereocenters. The number of nitrogens with zero attached hydrogens (tertiary/aromatic N) is 2. The standard InChI is InChI=1S/C20H21ClN2O4S/c1-11-8-9-12(2)19-16(11)18-13(10-28(19,25)26)17(20(24)27-3)22-23(18)15-7-5-4-6-14(15)21/h4-7,11-12H,8-10H2,1-3H3. The summed E-state index contributed by atoms with van der Waals surface area (Å²) in [5, 5.41) is 4.94. The van der Waals surface area contributed by atoms with E-state index in [0.717, 1.165) is 18.4 Å². The highest BCUT2D eigenvalue weighted by Crippen LogP contribution is 2.48. The normalized spacial score (nSPS) is 23.1. The van der Waals surface area contributed by atoms with Gasteiger partial charge in [-0.3, -0.25) is 0 Å². The maximum atomic E-state index is 13.1. The van der Waals surface area contributed by atoms with Crippen LogP contribution >= 0.6 is 11.6 Å². The molecule has 0 bridgehead atoms. The third-order valence-electron chi connectivity index (χ3n) is 5.61. The van der Waals surface area contributed by atoms with Crippen LogP contribution < -0.4 is 0 Å². The highest BCUT2D eigenvalue weighted by Gasteiger charge is 2.43. The highest BCUT2D eigenvalue weighted by molar-refractivity contribution is 7.94. The Kier molecular flexibility index (Phi) is 4.62. The Labute approximate surface area is 169 Å². The molecule has 1 aliphatic heterocycles. The summed E-state index contributed by atoms with van der Waals surface area (Å²) in [5.74, 6) is -0.950. The van der Waals surface area contributed by atoms with Crippen molar-refractivity contribution < 1.29 is 17.9 Å². The van der Waals surface area contributed by atoms with E-state index < -0.39 is 15.8 Å². The Balaban J connectivity index is 2.12. The summed E-state index contributed by atoms with van der Waals surface area (Å²) >= 11 is 6.41. The number of carbonyl (C=O) groups is 1. The fourth-order valence-electron chi connectivity index (χ4n) is 4.30. The predicted molar refractivity (Wildman–Crippen MR) is 107 cm³/mol. The molecule has 0 spiro atoms. The van der Waals surface area contributed by atoms with E-state index in [4.69, 9.17) is 16.3 Å². The third kappa shape index (κ3) is 2.79. The average molecular weight is 421 g/mol. The molecule has 0 radical (unpaired) electrons. The van der Waals surface area contributed by atoms with Crippen molar-refractivity contribution in [3.8, 4) is 5.69 Å². The zero-order valence-electron chi connectivity index (χ0n) is 15.9. The van der Waals surface area contributed by atoms with E-state index in [2.05, 4.69) is 5.10 Å². The SMILES string of the molecule is COC(=O)c1nn(-c2ccccc2Cl)c2c1CS(=O)(=O)C1=C2C(C)CCC1C. The minimum Gasteiger partial charge on any atom is -0.464 e. The summed E-state index contributed by atoms with van der Waals surface area (Å²) in [4.78, 5) is 12.9.